The van der Waals surface area contributed by atoms with E-state index in [4.69, 9.17) is 34.8 Å². The fourth-order valence-corrected chi connectivity index (χ4v) is 3.26. The molecule has 2 atom stereocenters. The summed E-state index contributed by atoms with van der Waals surface area (Å²) in [7, 11) is 1.76. The summed E-state index contributed by atoms with van der Waals surface area (Å²) in [6, 6.07) is 15.1. The van der Waals surface area contributed by atoms with E-state index in [2.05, 4.69) is 5.32 Å². The molecule has 0 radical (unpaired) electrons. The van der Waals surface area contributed by atoms with Gasteiger partial charge in [0.1, 0.15) is 12.1 Å². The summed E-state index contributed by atoms with van der Waals surface area (Å²) in [5.41, 5.74) is 0.585. The first kappa shape index (κ1) is 20.5. The Kier molecular flexibility index (Phi) is 6.83. The Bertz CT molecular complexity index is 782. The molecule has 0 heterocycles. The summed E-state index contributed by atoms with van der Waals surface area (Å²) >= 11 is 18.2. The zero-order valence-electron chi connectivity index (χ0n) is 13.8. The molecular formula is C17H17Cl3N3O3+. The molecule has 0 aliphatic rings. The molecule has 1 amide bonds. The molecule has 138 valence electrons. The Morgan fingerprint density at radius 1 is 1.15 bits per heavy atom. The number of quaternary nitrogens is 1. The van der Waals surface area contributed by atoms with E-state index in [0.717, 1.165) is 5.56 Å². The van der Waals surface area contributed by atoms with Crippen molar-refractivity contribution in [2.45, 2.75) is 16.5 Å². The van der Waals surface area contributed by atoms with E-state index < -0.39 is 20.8 Å². The monoisotopic (exact) mass is 416 g/mol. The number of hydrogen-bond donors (Lipinski definition) is 2. The maximum absolute atomic E-state index is 12.6. The normalized spacial score (nSPS) is 13.7. The molecule has 2 N–H and O–H groups in total. The molecule has 0 aliphatic heterocycles. The fraction of sp³-hybridized carbons (Fsp3) is 0.235. The van der Waals surface area contributed by atoms with Crippen LogP contribution in [0, 0.1) is 10.1 Å². The van der Waals surface area contributed by atoms with E-state index >= 15 is 0 Å². The molecule has 2 aromatic carbocycles. The predicted octanol–water partition coefficient (Wildman–Crippen LogP) is 2.74. The number of nitrogens with zero attached hydrogens (tertiary/aromatic N) is 1. The molecule has 0 saturated heterocycles. The van der Waals surface area contributed by atoms with Gasteiger partial charge >= 0.3 is 0 Å². The lowest BCUT2D eigenvalue weighted by Gasteiger charge is -2.30. The lowest BCUT2D eigenvalue weighted by atomic mass is 10.1. The minimum atomic E-state index is -1.81. The van der Waals surface area contributed by atoms with E-state index in [9.17, 15) is 14.9 Å². The number of carbonyl (C=O) groups excluding carboxylic acids is 1. The largest absolute Gasteiger partial charge is 0.310 e. The number of amides is 1. The van der Waals surface area contributed by atoms with Gasteiger partial charge in [-0.2, -0.15) is 0 Å². The van der Waals surface area contributed by atoms with Crippen LogP contribution in [0.5, 0.6) is 0 Å². The summed E-state index contributed by atoms with van der Waals surface area (Å²) in [5.74, 6) is -0.680. The first-order chi connectivity index (χ1) is 12.2. The third-order valence-corrected chi connectivity index (χ3v) is 4.42. The fourth-order valence-electron chi connectivity index (χ4n) is 2.54. The van der Waals surface area contributed by atoms with Gasteiger partial charge in [-0.05, 0) is 6.07 Å². The Hall–Kier alpha value is -1.86. The minimum Gasteiger partial charge on any atom is -0.310 e. The highest BCUT2D eigenvalue weighted by molar-refractivity contribution is 6.68. The van der Waals surface area contributed by atoms with Crippen molar-refractivity contribution in [1.29, 1.82) is 0 Å². The summed E-state index contributed by atoms with van der Waals surface area (Å²) in [6.45, 7) is 0.483. The zero-order chi connectivity index (χ0) is 19.3. The molecule has 0 aliphatic carbocycles. The molecule has 26 heavy (non-hydrogen) atoms. The predicted molar refractivity (Wildman–Crippen MR) is 102 cm³/mol. The van der Waals surface area contributed by atoms with E-state index in [1.54, 1.807) is 7.05 Å². The van der Waals surface area contributed by atoms with E-state index in [-0.39, 0.29) is 11.3 Å². The number of nitro groups is 1. The molecule has 0 bridgehead atoms. The van der Waals surface area contributed by atoms with Crippen LogP contribution in [0.3, 0.4) is 0 Å². The summed E-state index contributed by atoms with van der Waals surface area (Å²) in [5, 5.41) is 13.7. The van der Waals surface area contributed by atoms with Gasteiger partial charge in [-0.3, -0.25) is 20.2 Å². The van der Waals surface area contributed by atoms with Gasteiger partial charge < -0.3 is 4.90 Å². The van der Waals surface area contributed by atoms with Crippen molar-refractivity contribution in [3.63, 3.8) is 0 Å². The highest BCUT2D eigenvalue weighted by atomic mass is 35.6. The van der Waals surface area contributed by atoms with Gasteiger partial charge in [-0.15, -0.1) is 0 Å². The summed E-state index contributed by atoms with van der Waals surface area (Å²) < 4.78 is -1.81. The topological polar surface area (TPSA) is 76.7 Å². The Labute approximate surface area is 165 Å². The number of halogens is 3. The van der Waals surface area contributed by atoms with Crippen LogP contribution >= 0.6 is 34.8 Å². The van der Waals surface area contributed by atoms with Gasteiger partial charge in [0.25, 0.3) is 15.4 Å². The molecule has 0 spiro atoms. The van der Waals surface area contributed by atoms with Crippen LogP contribution < -0.4 is 10.2 Å². The van der Waals surface area contributed by atoms with Crippen molar-refractivity contribution < 1.29 is 14.6 Å². The van der Waals surface area contributed by atoms with Crippen LogP contribution in [0.2, 0.25) is 0 Å². The highest BCUT2D eigenvalue weighted by Gasteiger charge is 2.41. The standard InChI is InChI=1S/C17H16Cl3N3O3/c1-22(11-12-7-3-2-4-8-12)16(17(18,19)20)21-15(24)13-9-5-6-10-14(13)23(25)26/h2-10,16H,11H2,1H3,(H,21,24)/p+1/t16-/m1/s1. The lowest BCUT2D eigenvalue weighted by Crippen LogP contribution is -3.15. The first-order valence-electron chi connectivity index (χ1n) is 7.67. The zero-order valence-corrected chi connectivity index (χ0v) is 16.1. The molecule has 0 aromatic heterocycles. The van der Waals surface area contributed by atoms with Crippen LogP contribution in [-0.2, 0) is 6.54 Å². The Balaban J connectivity index is 2.23. The van der Waals surface area contributed by atoms with Gasteiger partial charge in [0.2, 0.25) is 6.17 Å². The van der Waals surface area contributed by atoms with Gasteiger partial charge in [0.15, 0.2) is 0 Å². The maximum atomic E-state index is 12.6. The number of alkyl halides is 3. The van der Waals surface area contributed by atoms with Crippen molar-refractivity contribution in [2.24, 2.45) is 0 Å². The molecule has 6 nitrogen and oxygen atoms in total. The lowest BCUT2D eigenvalue weighted by molar-refractivity contribution is -0.921. The molecule has 2 aromatic rings. The van der Waals surface area contributed by atoms with Gasteiger partial charge in [-0.1, -0.05) is 77.3 Å². The van der Waals surface area contributed by atoms with Gasteiger partial charge in [-0.25, -0.2) is 0 Å². The maximum Gasteiger partial charge on any atom is 0.282 e. The van der Waals surface area contributed by atoms with Crippen molar-refractivity contribution in [3.05, 3.63) is 75.8 Å². The number of benzene rings is 2. The van der Waals surface area contributed by atoms with Crippen LogP contribution in [0.4, 0.5) is 5.69 Å². The summed E-state index contributed by atoms with van der Waals surface area (Å²) in [6.07, 6.45) is -0.917. The highest BCUT2D eigenvalue weighted by Crippen LogP contribution is 2.28. The van der Waals surface area contributed by atoms with Crippen LogP contribution in [-0.4, -0.2) is 27.8 Å². The van der Waals surface area contributed by atoms with Crippen LogP contribution in [0.1, 0.15) is 15.9 Å². The Morgan fingerprint density at radius 3 is 2.31 bits per heavy atom. The first-order valence-corrected chi connectivity index (χ1v) is 8.80. The molecule has 9 heteroatoms. The second-order valence-corrected chi connectivity index (χ2v) is 8.10. The quantitative estimate of drug-likeness (QED) is 0.328. The van der Waals surface area contributed by atoms with Crippen LogP contribution in [0.25, 0.3) is 0 Å². The molecule has 0 saturated carbocycles. The smallest absolute Gasteiger partial charge is 0.282 e. The number of carbonyl (C=O) groups is 1. The van der Waals surface area contributed by atoms with Gasteiger partial charge in [0, 0.05) is 11.6 Å². The minimum absolute atomic E-state index is 0.0933. The van der Waals surface area contributed by atoms with E-state index in [0.29, 0.717) is 11.4 Å². The number of hydrogen-bond acceptors (Lipinski definition) is 3. The molecular weight excluding hydrogens is 401 g/mol. The molecule has 2 rings (SSSR count). The van der Waals surface area contributed by atoms with Gasteiger partial charge in [0.05, 0.1) is 12.0 Å². The number of nitrogens with one attached hydrogen (secondary N) is 2. The number of para-hydroxylation sites is 1. The second-order valence-electron chi connectivity index (χ2n) is 5.73. The third kappa shape index (κ3) is 5.32. The van der Waals surface area contributed by atoms with E-state index in [1.807, 2.05) is 30.3 Å². The number of nitro benzene ring substituents is 1. The molecule has 1 unspecified atom stereocenters. The van der Waals surface area contributed by atoms with E-state index in [1.165, 1.54) is 24.3 Å². The van der Waals surface area contributed by atoms with Crippen molar-refractivity contribution >= 4 is 46.4 Å². The average molecular weight is 418 g/mol. The molecule has 0 fully saturated rings. The third-order valence-electron chi connectivity index (χ3n) is 3.77. The van der Waals surface area contributed by atoms with Crippen LogP contribution in [0.15, 0.2) is 54.6 Å². The number of rotatable bonds is 6. The average Bonchev–Trinajstić information content (AvgIpc) is 2.59. The van der Waals surface area contributed by atoms with Crippen molar-refractivity contribution in [2.75, 3.05) is 7.05 Å². The SMILES string of the molecule is C[NH+](Cc1ccccc1)[C@@H](NC(=O)c1ccccc1[N+](=O)[O-])C(Cl)(Cl)Cl. The Morgan fingerprint density at radius 2 is 1.73 bits per heavy atom. The van der Waals surface area contributed by atoms with Crippen molar-refractivity contribution in [3.8, 4) is 0 Å². The second kappa shape index (κ2) is 8.68. The summed E-state index contributed by atoms with van der Waals surface area (Å²) in [4.78, 5) is 23.8. The van der Waals surface area contributed by atoms with Crippen molar-refractivity contribution in [1.82, 2.24) is 5.32 Å².